The molecule has 1 aromatic heterocycles. The van der Waals surface area contributed by atoms with E-state index in [2.05, 4.69) is 15.4 Å². The van der Waals surface area contributed by atoms with Crippen molar-refractivity contribution in [1.82, 2.24) is 14.8 Å². The average molecular weight is 428 g/mol. The Morgan fingerprint density at radius 1 is 1.17 bits per heavy atom. The van der Waals surface area contributed by atoms with Gasteiger partial charge in [0.15, 0.2) is 0 Å². The van der Waals surface area contributed by atoms with Crippen molar-refractivity contribution in [3.63, 3.8) is 0 Å². The predicted molar refractivity (Wildman–Crippen MR) is 114 cm³/mol. The van der Waals surface area contributed by atoms with E-state index >= 15 is 0 Å². The summed E-state index contributed by atoms with van der Waals surface area (Å²) in [5, 5.41) is 7.84. The molecule has 0 unspecified atom stereocenters. The summed E-state index contributed by atoms with van der Waals surface area (Å²) in [7, 11) is 1.74. The smallest absolute Gasteiger partial charge is 0.242 e. The Bertz CT molecular complexity index is 987. The molecule has 6 rings (SSSR count). The van der Waals surface area contributed by atoms with Crippen LogP contribution in [0.2, 0.25) is 5.28 Å². The quantitative estimate of drug-likeness (QED) is 0.803. The van der Waals surface area contributed by atoms with Gasteiger partial charge in [0, 0.05) is 25.3 Å². The van der Waals surface area contributed by atoms with Crippen molar-refractivity contribution < 1.29 is 9.59 Å². The molecule has 4 bridgehead atoms. The van der Waals surface area contributed by atoms with E-state index in [9.17, 15) is 9.59 Å². The highest BCUT2D eigenvalue weighted by Crippen LogP contribution is 2.64. The highest BCUT2D eigenvalue weighted by atomic mass is 35.5. The molecule has 1 N–H and O–H groups in total. The van der Waals surface area contributed by atoms with E-state index < -0.39 is 0 Å². The number of rotatable bonds is 4. The molecule has 0 saturated heterocycles. The zero-order valence-corrected chi connectivity index (χ0v) is 18.0. The summed E-state index contributed by atoms with van der Waals surface area (Å²) in [4.78, 5) is 30.8. The summed E-state index contributed by atoms with van der Waals surface area (Å²) in [5.41, 5.74) is 1.03. The summed E-state index contributed by atoms with van der Waals surface area (Å²) in [6, 6.07) is 7.44. The van der Waals surface area contributed by atoms with Crippen molar-refractivity contribution in [3.05, 3.63) is 35.9 Å². The fourth-order valence-corrected chi connectivity index (χ4v) is 6.56. The average Bonchev–Trinajstić information content (AvgIpc) is 3.14. The number of carbonyl (C=O) groups is 2. The van der Waals surface area contributed by atoms with E-state index in [1.807, 2.05) is 28.9 Å². The van der Waals surface area contributed by atoms with Crippen LogP contribution in [-0.4, -0.2) is 33.6 Å². The molecule has 4 fully saturated rings. The number of benzene rings is 1. The Labute approximate surface area is 180 Å². The molecule has 2 atom stereocenters. The van der Waals surface area contributed by atoms with Crippen LogP contribution >= 0.6 is 11.6 Å². The molecule has 2 aromatic rings. The number of hydrogen-bond donors (Lipinski definition) is 1. The third kappa shape index (κ3) is 3.11. The van der Waals surface area contributed by atoms with Crippen molar-refractivity contribution in [2.45, 2.75) is 51.0 Å². The van der Waals surface area contributed by atoms with Gasteiger partial charge in [0.05, 0.1) is 11.0 Å². The van der Waals surface area contributed by atoms with Crippen molar-refractivity contribution >= 4 is 34.8 Å². The fourth-order valence-electron chi connectivity index (χ4n) is 6.43. The van der Waals surface area contributed by atoms with E-state index in [1.165, 1.54) is 13.3 Å². The van der Waals surface area contributed by atoms with Gasteiger partial charge in [-0.1, -0.05) is 0 Å². The van der Waals surface area contributed by atoms with Crippen molar-refractivity contribution in [2.24, 2.45) is 17.3 Å². The fraction of sp³-hybridized carbons (Fsp3) is 0.545. The summed E-state index contributed by atoms with van der Waals surface area (Å²) >= 11 is 6.01. The number of amides is 2. The molecular formula is C22H26ClN5O2. The predicted octanol–water partition coefficient (Wildman–Crippen LogP) is 3.85. The maximum atomic E-state index is 13.5. The third-order valence-corrected chi connectivity index (χ3v) is 7.62. The van der Waals surface area contributed by atoms with Crippen LogP contribution in [0.3, 0.4) is 0 Å². The number of hydrogen-bond acceptors (Lipinski definition) is 4. The summed E-state index contributed by atoms with van der Waals surface area (Å²) in [6.45, 7) is 1.53. The topological polar surface area (TPSA) is 80.1 Å². The van der Waals surface area contributed by atoms with Crippen molar-refractivity contribution in [2.75, 3.05) is 17.3 Å². The molecule has 1 aromatic carbocycles. The van der Waals surface area contributed by atoms with Crippen LogP contribution in [0.1, 0.15) is 45.4 Å². The van der Waals surface area contributed by atoms with Crippen LogP contribution < -0.4 is 10.2 Å². The number of halogens is 1. The Balaban J connectivity index is 1.38. The largest absolute Gasteiger partial charge is 0.326 e. The number of nitrogens with one attached hydrogen (secondary N) is 1. The number of nitrogens with zero attached hydrogens (tertiary/aromatic N) is 4. The van der Waals surface area contributed by atoms with Gasteiger partial charge in [0.1, 0.15) is 6.33 Å². The van der Waals surface area contributed by atoms with Crippen LogP contribution in [-0.2, 0) is 15.1 Å². The molecule has 4 aliphatic rings. The molecule has 0 radical (unpaired) electrons. The molecule has 2 amide bonds. The number of anilines is 2. The Kier molecular flexibility index (Phi) is 4.43. The third-order valence-electron chi connectivity index (χ3n) is 7.45. The second-order valence-corrected chi connectivity index (χ2v) is 9.84. The Morgan fingerprint density at radius 2 is 1.83 bits per heavy atom. The van der Waals surface area contributed by atoms with Crippen LogP contribution in [0.15, 0.2) is 30.6 Å². The molecule has 7 nitrogen and oxygen atoms in total. The monoisotopic (exact) mass is 427 g/mol. The zero-order valence-electron chi connectivity index (χ0n) is 17.3. The van der Waals surface area contributed by atoms with E-state index in [-0.39, 0.29) is 28.1 Å². The van der Waals surface area contributed by atoms with Gasteiger partial charge < -0.3 is 10.2 Å². The van der Waals surface area contributed by atoms with E-state index in [4.69, 9.17) is 11.6 Å². The standard InChI is InChI=1S/C22H26ClN5O2/c1-14(29)27(2)18-5-3-17(4-6-18)25-19(30)21-8-15-7-16(9-21)11-22(10-15,12-21)28-13-24-20(23)26-28/h3-6,13,15-16H,7-12H2,1-2H3,(H,25,30)/t15-,16-,21?,22?/m0/s1. The number of aromatic nitrogens is 3. The van der Waals surface area contributed by atoms with Crippen LogP contribution in [0.25, 0.3) is 0 Å². The Morgan fingerprint density at radius 3 is 2.40 bits per heavy atom. The lowest BCUT2D eigenvalue weighted by Crippen LogP contribution is -2.60. The van der Waals surface area contributed by atoms with Gasteiger partial charge in [-0.2, -0.15) is 0 Å². The van der Waals surface area contributed by atoms with E-state index in [0.29, 0.717) is 11.8 Å². The highest BCUT2D eigenvalue weighted by molar-refractivity contribution is 6.28. The van der Waals surface area contributed by atoms with Gasteiger partial charge in [-0.25, -0.2) is 9.67 Å². The summed E-state index contributed by atoms with van der Waals surface area (Å²) < 4.78 is 1.93. The first kappa shape index (κ1) is 19.5. The van der Waals surface area contributed by atoms with Gasteiger partial charge in [-0.3, -0.25) is 9.59 Å². The minimum Gasteiger partial charge on any atom is -0.326 e. The summed E-state index contributed by atoms with van der Waals surface area (Å²) in [5.74, 6) is 1.14. The summed E-state index contributed by atoms with van der Waals surface area (Å²) in [6.07, 6.45) is 7.67. The molecular weight excluding hydrogens is 402 g/mol. The molecule has 0 aliphatic heterocycles. The molecule has 0 spiro atoms. The molecule has 4 aliphatic carbocycles. The van der Waals surface area contributed by atoms with Gasteiger partial charge in [-0.05, 0) is 86.2 Å². The normalized spacial score (nSPS) is 31.6. The van der Waals surface area contributed by atoms with E-state index in [1.54, 1.807) is 18.3 Å². The van der Waals surface area contributed by atoms with Gasteiger partial charge in [0.2, 0.25) is 17.1 Å². The molecule has 1 heterocycles. The highest BCUT2D eigenvalue weighted by Gasteiger charge is 2.61. The molecule has 8 heteroatoms. The molecule has 158 valence electrons. The second kappa shape index (κ2) is 6.80. The van der Waals surface area contributed by atoms with Gasteiger partial charge >= 0.3 is 0 Å². The van der Waals surface area contributed by atoms with Gasteiger partial charge in [0.25, 0.3) is 0 Å². The first-order chi connectivity index (χ1) is 14.3. The minimum atomic E-state index is -0.378. The SMILES string of the molecule is CC(=O)N(C)c1ccc(NC(=O)C23C[C@@H]4C[C@@H](C2)CC(n2cnc(Cl)n2)(C4)C3)cc1. The minimum absolute atomic E-state index is 0.0288. The molecule has 4 saturated carbocycles. The lowest BCUT2D eigenvalue weighted by atomic mass is 9.46. The number of carbonyl (C=O) groups excluding carboxylic acids is 2. The zero-order chi connectivity index (χ0) is 21.1. The maximum absolute atomic E-state index is 13.5. The molecule has 30 heavy (non-hydrogen) atoms. The lowest BCUT2D eigenvalue weighted by Gasteiger charge is -2.60. The lowest BCUT2D eigenvalue weighted by molar-refractivity contribution is -0.150. The van der Waals surface area contributed by atoms with Crippen molar-refractivity contribution in [3.8, 4) is 0 Å². The van der Waals surface area contributed by atoms with Gasteiger partial charge in [-0.15, -0.1) is 5.10 Å². The van der Waals surface area contributed by atoms with Crippen molar-refractivity contribution in [1.29, 1.82) is 0 Å². The second-order valence-electron chi connectivity index (χ2n) is 9.50. The first-order valence-electron chi connectivity index (χ1n) is 10.5. The van der Waals surface area contributed by atoms with Crippen LogP contribution in [0.4, 0.5) is 11.4 Å². The maximum Gasteiger partial charge on any atom is 0.242 e. The Hall–Kier alpha value is -2.41. The van der Waals surface area contributed by atoms with Crippen LogP contribution in [0, 0.1) is 17.3 Å². The first-order valence-corrected chi connectivity index (χ1v) is 10.9. The van der Waals surface area contributed by atoms with E-state index in [0.717, 1.165) is 43.5 Å². The van der Waals surface area contributed by atoms with Crippen LogP contribution in [0.5, 0.6) is 0 Å².